The lowest BCUT2D eigenvalue weighted by Gasteiger charge is -2.08. The van der Waals surface area contributed by atoms with Crippen LogP contribution in [0, 0.1) is 5.82 Å². The number of benzene rings is 1. The summed E-state index contributed by atoms with van der Waals surface area (Å²) in [6, 6.07) is 6.28. The second-order valence-electron chi connectivity index (χ2n) is 6.60. The summed E-state index contributed by atoms with van der Waals surface area (Å²) in [6.07, 6.45) is 2.81. The van der Waals surface area contributed by atoms with Gasteiger partial charge in [-0.3, -0.25) is 14.2 Å². The second kappa shape index (κ2) is 9.04. The van der Waals surface area contributed by atoms with E-state index >= 15 is 0 Å². The van der Waals surface area contributed by atoms with Crippen LogP contribution in [0.3, 0.4) is 0 Å². The predicted molar refractivity (Wildman–Crippen MR) is 110 cm³/mol. The van der Waals surface area contributed by atoms with Crippen LogP contribution in [0.5, 0.6) is 0 Å². The van der Waals surface area contributed by atoms with E-state index in [2.05, 4.69) is 30.9 Å². The topological polar surface area (TPSA) is 125 Å². The average Bonchev–Trinajstić information content (AvgIpc) is 3.36. The number of carbonyl (C=O) groups excluding carboxylic acids is 1. The van der Waals surface area contributed by atoms with E-state index in [1.165, 1.54) is 39.6 Å². The van der Waals surface area contributed by atoms with Gasteiger partial charge in [-0.25, -0.2) is 18.7 Å². The molecule has 31 heavy (non-hydrogen) atoms. The maximum absolute atomic E-state index is 13.9. The number of halogens is 1. The van der Waals surface area contributed by atoms with E-state index in [9.17, 15) is 14.0 Å². The van der Waals surface area contributed by atoms with E-state index in [0.29, 0.717) is 34.8 Å². The molecule has 0 aliphatic carbocycles. The van der Waals surface area contributed by atoms with Crippen molar-refractivity contribution in [2.45, 2.75) is 18.2 Å². The largest absolute Gasteiger partial charge is 0.354 e. The van der Waals surface area contributed by atoms with Gasteiger partial charge in [0.2, 0.25) is 11.1 Å². The van der Waals surface area contributed by atoms with Gasteiger partial charge in [-0.2, -0.15) is 5.10 Å². The summed E-state index contributed by atoms with van der Waals surface area (Å²) < 4.78 is 18.3. The summed E-state index contributed by atoms with van der Waals surface area (Å²) >= 11 is 1.23. The van der Waals surface area contributed by atoms with Crippen molar-refractivity contribution in [1.82, 2.24) is 44.9 Å². The molecule has 160 valence electrons. The molecule has 11 nitrogen and oxygen atoms in total. The molecular weight excluding hydrogens is 425 g/mol. The molecule has 0 aliphatic heterocycles. The van der Waals surface area contributed by atoms with Crippen LogP contribution in [-0.2, 0) is 24.9 Å². The third kappa shape index (κ3) is 4.60. The normalized spacial score (nSPS) is 11.2. The second-order valence-corrected chi connectivity index (χ2v) is 7.54. The Morgan fingerprint density at radius 2 is 2.13 bits per heavy atom. The zero-order valence-corrected chi connectivity index (χ0v) is 17.3. The summed E-state index contributed by atoms with van der Waals surface area (Å²) in [5.41, 5.74) is 0.497. The van der Waals surface area contributed by atoms with Crippen molar-refractivity contribution >= 4 is 28.7 Å². The molecule has 1 N–H and O–H groups in total. The lowest BCUT2D eigenvalue weighted by Crippen LogP contribution is -2.29. The van der Waals surface area contributed by atoms with Gasteiger partial charge in [0.05, 0.1) is 25.0 Å². The third-order valence-electron chi connectivity index (χ3n) is 4.48. The first-order valence-corrected chi connectivity index (χ1v) is 10.3. The Hall–Kier alpha value is -3.61. The number of aromatic nitrogens is 8. The van der Waals surface area contributed by atoms with Crippen LogP contribution >= 0.6 is 11.8 Å². The van der Waals surface area contributed by atoms with Gasteiger partial charge < -0.3 is 5.32 Å². The van der Waals surface area contributed by atoms with Crippen LogP contribution in [0.15, 0.2) is 46.7 Å². The van der Waals surface area contributed by atoms with Crippen molar-refractivity contribution in [2.75, 3.05) is 12.3 Å². The number of tetrazole rings is 1. The summed E-state index contributed by atoms with van der Waals surface area (Å²) in [4.78, 5) is 29.0. The van der Waals surface area contributed by atoms with Crippen LogP contribution in [0.25, 0.3) is 11.0 Å². The fourth-order valence-electron chi connectivity index (χ4n) is 2.91. The first-order chi connectivity index (χ1) is 15.0. The third-order valence-corrected chi connectivity index (χ3v) is 5.49. The molecule has 4 rings (SSSR count). The first-order valence-electron chi connectivity index (χ1n) is 9.29. The first kappa shape index (κ1) is 20.7. The fraction of sp³-hybridized carbons (Fsp3) is 0.278. The quantitative estimate of drug-likeness (QED) is 0.383. The van der Waals surface area contributed by atoms with Crippen molar-refractivity contribution in [3.63, 3.8) is 0 Å². The SMILES string of the molecule is Cn1nnnc1SCC(=O)NCCn1ncc2c(=O)n(Cc3ccccc3F)cnc21. The highest BCUT2D eigenvalue weighted by molar-refractivity contribution is 7.99. The number of hydrogen-bond acceptors (Lipinski definition) is 8. The Bertz CT molecular complexity index is 1280. The van der Waals surface area contributed by atoms with Crippen LogP contribution in [-0.4, -0.2) is 57.7 Å². The molecule has 0 spiro atoms. The minimum atomic E-state index is -0.380. The standard InChI is InChI=1S/C18H18FN9O2S/c1-26-18(23-24-25-26)31-10-15(29)20-6-7-28-16-13(8-22-28)17(30)27(11-21-16)9-12-4-2-3-5-14(12)19/h2-5,8,11H,6-7,9-10H2,1H3,(H,20,29). The van der Waals surface area contributed by atoms with Crippen molar-refractivity contribution < 1.29 is 9.18 Å². The molecule has 0 unspecified atom stereocenters. The van der Waals surface area contributed by atoms with Gasteiger partial charge in [0.25, 0.3) is 5.56 Å². The molecule has 0 atom stereocenters. The molecule has 0 aliphatic rings. The van der Waals surface area contributed by atoms with Crippen molar-refractivity contribution in [1.29, 1.82) is 0 Å². The Balaban J connectivity index is 1.37. The van der Waals surface area contributed by atoms with E-state index in [-0.39, 0.29) is 29.6 Å². The highest BCUT2D eigenvalue weighted by Crippen LogP contribution is 2.12. The zero-order valence-electron chi connectivity index (χ0n) is 16.5. The molecule has 0 radical (unpaired) electrons. The minimum absolute atomic E-state index is 0.0778. The smallest absolute Gasteiger partial charge is 0.264 e. The molecule has 3 heterocycles. The number of hydrogen-bond donors (Lipinski definition) is 1. The number of carbonyl (C=O) groups is 1. The molecule has 0 bridgehead atoms. The fourth-order valence-corrected chi connectivity index (χ4v) is 3.59. The van der Waals surface area contributed by atoms with E-state index < -0.39 is 0 Å². The Labute approximate surface area is 179 Å². The predicted octanol–water partition coefficient (Wildman–Crippen LogP) is 0.212. The van der Waals surface area contributed by atoms with Crippen LogP contribution < -0.4 is 10.9 Å². The van der Waals surface area contributed by atoms with E-state index in [1.807, 2.05) is 0 Å². The molecule has 13 heteroatoms. The van der Waals surface area contributed by atoms with Crippen molar-refractivity contribution in [2.24, 2.45) is 7.05 Å². The van der Waals surface area contributed by atoms with Crippen LogP contribution in [0.2, 0.25) is 0 Å². The summed E-state index contributed by atoms with van der Waals surface area (Å²) in [5.74, 6) is -0.383. The molecule has 4 aromatic rings. The Morgan fingerprint density at radius 1 is 1.29 bits per heavy atom. The van der Waals surface area contributed by atoms with E-state index in [4.69, 9.17) is 0 Å². The molecule has 0 saturated carbocycles. The zero-order chi connectivity index (χ0) is 21.8. The number of aryl methyl sites for hydroxylation is 1. The number of nitrogens with zero attached hydrogens (tertiary/aromatic N) is 8. The van der Waals surface area contributed by atoms with Gasteiger partial charge in [0, 0.05) is 19.2 Å². The van der Waals surface area contributed by atoms with Gasteiger partial charge in [0.1, 0.15) is 17.5 Å². The lowest BCUT2D eigenvalue weighted by atomic mass is 10.2. The highest BCUT2D eigenvalue weighted by atomic mass is 32.2. The maximum atomic E-state index is 13.9. The van der Waals surface area contributed by atoms with Crippen molar-refractivity contribution in [3.05, 3.63) is 58.5 Å². The lowest BCUT2D eigenvalue weighted by molar-refractivity contribution is -0.118. The summed E-state index contributed by atoms with van der Waals surface area (Å²) in [7, 11) is 1.69. The minimum Gasteiger partial charge on any atom is -0.354 e. The Morgan fingerprint density at radius 3 is 2.90 bits per heavy atom. The maximum Gasteiger partial charge on any atom is 0.264 e. The molecule has 3 aromatic heterocycles. The Kier molecular flexibility index (Phi) is 6.02. The van der Waals surface area contributed by atoms with Crippen LogP contribution in [0.4, 0.5) is 4.39 Å². The number of amides is 1. The van der Waals surface area contributed by atoms with Crippen LogP contribution in [0.1, 0.15) is 5.56 Å². The summed E-state index contributed by atoms with van der Waals surface area (Å²) in [5, 5.41) is 18.9. The van der Waals surface area contributed by atoms with Gasteiger partial charge in [-0.1, -0.05) is 30.0 Å². The van der Waals surface area contributed by atoms with Gasteiger partial charge in [-0.05, 0) is 16.5 Å². The molecule has 0 fully saturated rings. The van der Waals surface area contributed by atoms with Gasteiger partial charge in [-0.15, -0.1) is 5.10 Å². The summed E-state index contributed by atoms with van der Waals surface area (Å²) in [6.45, 7) is 0.733. The van der Waals surface area contributed by atoms with E-state index in [1.54, 1.807) is 29.9 Å². The van der Waals surface area contributed by atoms with Gasteiger partial charge in [0.15, 0.2) is 5.65 Å². The van der Waals surface area contributed by atoms with Crippen molar-refractivity contribution in [3.8, 4) is 0 Å². The monoisotopic (exact) mass is 443 g/mol. The number of rotatable bonds is 8. The number of fused-ring (bicyclic) bond motifs is 1. The number of thioether (sulfide) groups is 1. The average molecular weight is 443 g/mol. The van der Waals surface area contributed by atoms with Gasteiger partial charge >= 0.3 is 0 Å². The van der Waals surface area contributed by atoms with E-state index in [0.717, 1.165) is 0 Å². The molecule has 1 aromatic carbocycles. The number of nitrogens with one attached hydrogen (secondary N) is 1. The molecule has 1 amide bonds. The highest BCUT2D eigenvalue weighted by Gasteiger charge is 2.12. The molecule has 0 saturated heterocycles. The molecular formula is C18H18FN9O2S.